The van der Waals surface area contributed by atoms with Crippen LogP contribution in [-0.4, -0.2) is 46.8 Å². The third-order valence-electron chi connectivity index (χ3n) is 4.15. The molecule has 5 nitrogen and oxygen atoms in total. The summed E-state index contributed by atoms with van der Waals surface area (Å²) in [5.74, 6) is -1.61. The van der Waals surface area contributed by atoms with Gasteiger partial charge in [0.1, 0.15) is 17.3 Å². The minimum atomic E-state index is -0.733. The van der Waals surface area contributed by atoms with Crippen molar-refractivity contribution in [2.75, 3.05) is 20.1 Å². The highest BCUT2D eigenvalue weighted by Crippen LogP contribution is 2.27. The largest absolute Gasteiger partial charge is 0.337 e. The van der Waals surface area contributed by atoms with Crippen molar-refractivity contribution in [1.82, 2.24) is 20.0 Å². The van der Waals surface area contributed by atoms with Crippen LogP contribution < -0.4 is 5.32 Å². The van der Waals surface area contributed by atoms with E-state index in [0.29, 0.717) is 5.56 Å². The van der Waals surface area contributed by atoms with Crippen LogP contribution in [0.15, 0.2) is 24.4 Å². The van der Waals surface area contributed by atoms with Crippen LogP contribution in [0.1, 0.15) is 16.8 Å². The predicted molar refractivity (Wildman–Crippen MR) is 81.9 cm³/mol. The second kappa shape index (κ2) is 6.08. The molecule has 0 bridgehead atoms. The van der Waals surface area contributed by atoms with Gasteiger partial charge in [-0.1, -0.05) is 0 Å². The van der Waals surface area contributed by atoms with Crippen LogP contribution in [0.2, 0.25) is 0 Å². The number of hydrogen-bond donors (Lipinski definition) is 1. The molecule has 1 aromatic heterocycles. The van der Waals surface area contributed by atoms with Crippen molar-refractivity contribution in [3.8, 4) is 11.3 Å². The number of nitrogens with one attached hydrogen (secondary N) is 1. The van der Waals surface area contributed by atoms with Crippen LogP contribution in [0.4, 0.5) is 8.78 Å². The van der Waals surface area contributed by atoms with Gasteiger partial charge >= 0.3 is 0 Å². The first-order valence-electron chi connectivity index (χ1n) is 7.44. The highest BCUT2D eigenvalue weighted by Gasteiger charge is 2.28. The number of aromatic nitrogens is 2. The number of likely N-dealkylation sites (N-methyl/N-ethyl adjacent to an activating group) is 1. The number of aryl methyl sites for hydroxylation is 1. The van der Waals surface area contributed by atoms with E-state index in [1.165, 1.54) is 10.7 Å². The number of nitrogens with zero attached hydrogens (tertiary/aromatic N) is 3. The normalized spacial score (nSPS) is 17.5. The number of benzene rings is 1. The lowest BCUT2D eigenvalue weighted by atomic mass is 10.1. The number of carbonyl (C=O) groups excluding carboxylic acids is 1. The highest BCUT2D eigenvalue weighted by atomic mass is 19.1. The van der Waals surface area contributed by atoms with Crippen molar-refractivity contribution in [3.05, 3.63) is 41.6 Å². The molecule has 1 N–H and O–H groups in total. The Morgan fingerprint density at radius 1 is 1.43 bits per heavy atom. The molecule has 122 valence electrons. The average molecular weight is 320 g/mol. The molecule has 0 radical (unpaired) electrons. The van der Waals surface area contributed by atoms with E-state index in [0.717, 1.165) is 31.6 Å². The summed E-state index contributed by atoms with van der Waals surface area (Å²) in [5, 5.41) is 7.40. The van der Waals surface area contributed by atoms with Gasteiger partial charge in [0.15, 0.2) is 0 Å². The molecule has 0 spiro atoms. The molecule has 1 aliphatic rings. The second-order valence-electron chi connectivity index (χ2n) is 5.75. The molecule has 1 fully saturated rings. The van der Waals surface area contributed by atoms with Gasteiger partial charge in [0, 0.05) is 44.5 Å². The third kappa shape index (κ3) is 2.96. The monoisotopic (exact) mass is 320 g/mol. The van der Waals surface area contributed by atoms with E-state index in [-0.39, 0.29) is 23.2 Å². The molecule has 0 aliphatic carbocycles. The van der Waals surface area contributed by atoms with Crippen molar-refractivity contribution >= 4 is 5.91 Å². The van der Waals surface area contributed by atoms with Gasteiger partial charge in [-0.3, -0.25) is 9.48 Å². The lowest BCUT2D eigenvalue weighted by molar-refractivity contribution is 0.0744. The van der Waals surface area contributed by atoms with E-state index in [1.807, 2.05) is 0 Å². The summed E-state index contributed by atoms with van der Waals surface area (Å²) in [7, 11) is 3.40. The molecule has 23 heavy (non-hydrogen) atoms. The van der Waals surface area contributed by atoms with E-state index in [4.69, 9.17) is 0 Å². The molecular formula is C16H18F2N4O. The van der Waals surface area contributed by atoms with Gasteiger partial charge in [-0.25, -0.2) is 8.78 Å². The van der Waals surface area contributed by atoms with Crippen molar-refractivity contribution in [3.63, 3.8) is 0 Å². The van der Waals surface area contributed by atoms with Crippen molar-refractivity contribution in [2.45, 2.75) is 12.5 Å². The number of halogens is 2. The van der Waals surface area contributed by atoms with E-state index in [9.17, 15) is 13.6 Å². The average Bonchev–Trinajstić information content (AvgIpc) is 3.15. The minimum absolute atomic E-state index is 0.105. The quantitative estimate of drug-likeness (QED) is 0.938. The molecule has 2 heterocycles. The number of hydrogen-bond acceptors (Lipinski definition) is 3. The summed E-state index contributed by atoms with van der Waals surface area (Å²) < 4.78 is 28.6. The number of carbonyl (C=O) groups is 1. The first kappa shape index (κ1) is 15.6. The first-order chi connectivity index (χ1) is 11.0. The summed E-state index contributed by atoms with van der Waals surface area (Å²) in [6, 6.07) is 3.36. The van der Waals surface area contributed by atoms with Crippen LogP contribution in [-0.2, 0) is 7.05 Å². The van der Waals surface area contributed by atoms with Crippen molar-refractivity contribution in [1.29, 1.82) is 0 Å². The molecule has 1 atom stereocenters. The molecule has 0 saturated carbocycles. The molecule has 7 heteroatoms. The Balaban J connectivity index is 1.98. The fraction of sp³-hybridized carbons (Fsp3) is 0.375. The summed E-state index contributed by atoms with van der Waals surface area (Å²) in [4.78, 5) is 14.4. The molecule has 1 amide bonds. The first-order valence-corrected chi connectivity index (χ1v) is 7.44. The van der Waals surface area contributed by atoms with Crippen LogP contribution in [0.25, 0.3) is 11.3 Å². The topological polar surface area (TPSA) is 50.2 Å². The van der Waals surface area contributed by atoms with Crippen LogP contribution >= 0.6 is 0 Å². The maximum Gasteiger partial charge on any atom is 0.257 e. The predicted octanol–water partition coefficient (Wildman–Crippen LogP) is 1.80. The number of amides is 1. The summed E-state index contributed by atoms with van der Waals surface area (Å²) in [6.45, 7) is 1.61. The smallest absolute Gasteiger partial charge is 0.257 e. The summed E-state index contributed by atoms with van der Waals surface area (Å²) >= 11 is 0. The van der Waals surface area contributed by atoms with Gasteiger partial charge in [-0.05, 0) is 25.1 Å². The van der Waals surface area contributed by atoms with Gasteiger partial charge in [0.05, 0.1) is 5.56 Å². The molecule has 3 rings (SSSR count). The van der Waals surface area contributed by atoms with Crippen LogP contribution in [0.3, 0.4) is 0 Å². The zero-order valence-electron chi connectivity index (χ0n) is 13.0. The van der Waals surface area contributed by atoms with Gasteiger partial charge < -0.3 is 10.2 Å². The van der Waals surface area contributed by atoms with Crippen LogP contribution in [0.5, 0.6) is 0 Å². The summed E-state index contributed by atoms with van der Waals surface area (Å²) in [6.07, 6.45) is 2.45. The second-order valence-corrected chi connectivity index (χ2v) is 5.75. The zero-order chi connectivity index (χ0) is 16.6. The van der Waals surface area contributed by atoms with Gasteiger partial charge in [-0.2, -0.15) is 5.10 Å². The van der Waals surface area contributed by atoms with E-state index < -0.39 is 11.6 Å². The Morgan fingerprint density at radius 2 is 2.22 bits per heavy atom. The maximum absolute atomic E-state index is 14.1. The molecule has 1 unspecified atom stereocenters. The Morgan fingerprint density at radius 3 is 2.87 bits per heavy atom. The SMILES string of the molecule is CN(C(=O)c1cn(C)nc1-c1ccc(F)cc1F)C1CCNC1. The summed E-state index contributed by atoms with van der Waals surface area (Å²) in [5.41, 5.74) is 0.661. The lowest BCUT2D eigenvalue weighted by Crippen LogP contribution is -2.38. The molecule has 2 aromatic rings. The van der Waals surface area contributed by atoms with Gasteiger partial charge in [-0.15, -0.1) is 0 Å². The van der Waals surface area contributed by atoms with Gasteiger partial charge in [0.25, 0.3) is 5.91 Å². The number of rotatable bonds is 3. The molecular weight excluding hydrogens is 302 g/mol. The minimum Gasteiger partial charge on any atom is -0.337 e. The molecule has 1 saturated heterocycles. The highest BCUT2D eigenvalue weighted by molar-refractivity contribution is 5.99. The lowest BCUT2D eigenvalue weighted by Gasteiger charge is -2.23. The Kier molecular flexibility index (Phi) is 4.12. The Labute approximate surface area is 132 Å². The van der Waals surface area contributed by atoms with E-state index in [2.05, 4.69) is 10.4 Å². The molecule has 1 aromatic carbocycles. The van der Waals surface area contributed by atoms with E-state index >= 15 is 0 Å². The van der Waals surface area contributed by atoms with Crippen molar-refractivity contribution in [2.24, 2.45) is 7.05 Å². The standard InChI is InChI=1S/C16H18F2N4O/c1-21-9-13(16(23)22(2)11-5-6-19-8-11)15(20-21)12-4-3-10(17)7-14(12)18/h3-4,7,9,11,19H,5-6,8H2,1-2H3. The Hall–Kier alpha value is -2.28. The van der Waals surface area contributed by atoms with Crippen LogP contribution in [0, 0.1) is 11.6 Å². The van der Waals surface area contributed by atoms with Gasteiger partial charge in [0.2, 0.25) is 0 Å². The van der Waals surface area contributed by atoms with E-state index in [1.54, 1.807) is 25.2 Å². The zero-order valence-corrected chi connectivity index (χ0v) is 13.0. The maximum atomic E-state index is 14.1. The fourth-order valence-corrected chi connectivity index (χ4v) is 2.85. The van der Waals surface area contributed by atoms with Crippen molar-refractivity contribution < 1.29 is 13.6 Å². The third-order valence-corrected chi connectivity index (χ3v) is 4.15. The Bertz CT molecular complexity index is 738. The fourth-order valence-electron chi connectivity index (χ4n) is 2.85. The molecule has 1 aliphatic heterocycles.